The maximum atomic E-state index is 5.97. The van der Waals surface area contributed by atoms with Crippen LogP contribution in [0.5, 0.6) is 0 Å². The summed E-state index contributed by atoms with van der Waals surface area (Å²) in [7, 11) is 0. The lowest BCUT2D eigenvalue weighted by atomic mass is 10.2. The van der Waals surface area contributed by atoms with Gasteiger partial charge in [0.05, 0.1) is 17.6 Å². The largest absolute Gasteiger partial charge is 0.396 e. The van der Waals surface area contributed by atoms with E-state index in [1.165, 1.54) is 5.69 Å². The predicted octanol–water partition coefficient (Wildman–Crippen LogP) is 1.39. The summed E-state index contributed by atoms with van der Waals surface area (Å²) in [6.07, 6.45) is 7.18. The second-order valence-electron chi connectivity index (χ2n) is 4.61. The SMILES string of the molecule is Nc1cnccc1N1CCN(c2ccncc2)CC1. The van der Waals surface area contributed by atoms with Crippen LogP contribution in [0.15, 0.2) is 43.0 Å². The molecule has 98 valence electrons. The van der Waals surface area contributed by atoms with E-state index in [0.29, 0.717) is 0 Å². The molecule has 1 fully saturated rings. The Bertz CT molecular complexity index is 535. The fraction of sp³-hybridized carbons (Fsp3) is 0.286. The third kappa shape index (κ3) is 2.45. The van der Waals surface area contributed by atoms with Crippen molar-refractivity contribution < 1.29 is 0 Å². The van der Waals surface area contributed by atoms with Crippen molar-refractivity contribution in [2.75, 3.05) is 41.7 Å². The highest BCUT2D eigenvalue weighted by Crippen LogP contribution is 2.24. The summed E-state index contributed by atoms with van der Waals surface area (Å²) in [5, 5.41) is 0. The van der Waals surface area contributed by atoms with E-state index in [4.69, 9.17) is 5.73 Å². The first kappa shape index (κ1) is 11.8. The number of rotatable bonds is 2. The van der Waals surface area contributed by atoms with E-state index in [-0.39, 0.29) is 0 Å². The number of hydrogen-bond acceptors (Lipinski definition) is 5. The molecule has 1 aliphatic rings. The molecule has 0 bridgehead atoms. The van der Waals surface area contributed by atoms with Crippen molar-refractivity contribution in [2.45, 2.75) is 0 Å². The number of nitrogens with two attached hydrogens (primary N) is 1. The van der Waals surface area contributed by atoms with Gasteiger partial charge in [-0.05, 0) is 18.2 Å². The molecule has 5 nitrogen and oxygen atoms in total. The number of piperazine rings is 1. The normalized spacial score (nSPS) is 15.6. The molecular weight excluding hydrogens is 238 g/mol. The van der Waals surface area contributed by atoms with Crippen molar-refractivity contribution in [1.29, 1.82) is 0 Å². The Labute approximate surface area is 112 Å². The lowest BCUT2D eigenvalue weighted by molar-refractivity contribution is 0.653. The summed E-state index contributed by atoms with van der Waals surface area (Å²) < 4.78 is 0. The zero-order valence-electron chi connectivity index (χ0n) is 10.7. The van der Waals surface area contributed by atoms with E-state index in [2.05, 4.69) is 31.9 Å². The van der Waals surface area contributed by atoms with Gasteiger partial charge >= 0.3 is 0 Å². The predicted molar refractivity (Wildman–Crippen MR) is 77.3 cm³/mol. The zero-order chi connectivity index (χ0) is 13.1. The Hall–Kier alpha value is -2.30. The third-order valence-electron chi connectivity index (χ3n) is 3.48. The molecule has 0 aromatic carbocycles. The molecule has 1 aliphatic heterocycles. The number of pyridine rings is 2. The summed E-state index contributed by atoms with van der Waals surface area (Å²) in [5.41, 5.74) is 9.04. The monoisotopic (exact) mass is 255 g/mol. The minimum Gasteiger partial charge on any atom is -0.396 e. The van der Waals surface area contributed by atoms with Crippen LogP contribution in [0.2, 0.25) is 0 Å². The minimum atomic E-state index is 0.750. The average molecular weight is 255 g/mol. The molecule has 5 heteroatoms. The van der Waals surface area contributed by atoms with Gasteiger partial charge in [0.15, 0.2) is 0 Å². The highest BCUT2D eigenvalue weighted by atomic mass is 15.3. The average Bonchev–Trinajstić information content (AvgIpc) is 2.49. The number of anilines is 3. The molecule has 3 heterocycles. The van der Waals surface area contributed by atoms with E-state index in [0.717, 1.165) is 37.6 Å². The molecule has 19 heavy (non-hydrogen) atoms. The molecule has 2 aromatic rings. The molecule has 0 atom stereocenters. The van der Waals surface area contributed by atoms with E-state index in [1.807, 2.05) is 18.5 Å². The summed E-state index contributed by atoms with van der Waals surface area (Å²) in [4.78, 5) is 12.8. The number of aromatic nitrogens is 2. The van der Waals surface area contributed by atoms with Crippen LogP contribution in [0.1, 0.15) is 0 Å². The van der Waals surface area contributed by atoms with E-state index < -0.39 is 0 Å². The van der Waals surface area contributed by atoms with Gasteiger partial charge in [-0.1, -0.05) is 0 Å². The molecular formula is C14H17N5. The van der Waals surface area contributed by atoms with Crippen LogP contribution in [0, 0.1) is 0 Å². The number of hydrogen-bond donors (Lipinski definition) is 1. The first-order chi connectivity index (χ1) is 9.34. The van der Waals surface area contributed by atoms with Gasteiger partial charge in [0.2, 0.25) is 0 Å². The summed E-state index contributed by atoms with van der Waals surface area (Å²) in [6.45, 7) is 3.92. The topological polar surface area (TPSA) is 58.3 Å². The zero-order valence-corrected chi connectivity index (χ0v) is 10.7. The molecule has 2 aromatic heterocycles. The molecule has 0 aliphatic carbocycles. The van der Waals surface area contributed by atoms with Gasteiger partial charge in [0.1, 0.15) is 0 Å². The van der Waals surface area contributed by atoms with E-state index in [1.54, 1.807) is 12.4 Å². The maximum Gasteiger partial charge on any atom is 0.0738 e. The molecule has 0 unspecified atom stereocenters. The Kier molecular flexibility index (Phi) is 3.18. The molecule has 0 saturated carbocycles. The van der Waals surface area contributed by atoms with Crippen molar-refractivity contribution in [3.8, 4) is 0 Å². The van der Waals surface area contributed by atoms with Crippen LogP contribution in [0.25, 0.3) is 0 Å². The Morgan fingerprint density at radius 3 is 2.16 bits per heavy atom. The van der Waals surface area contributed by atoms with Gasteiger partial charge in [0.25, 0.3) is 0 Å². The van der Waals surface area contributed by atoms with Crippen LogP contribution in [0.4, 0.5) is 17.1 Å². The molecule has 1 saturated heterocycles. The van der Waals surface area contributed by atoms with Gasteiger partial charge in [-0.3, -0.25) is 9.97 Å². The van der Waals surface area contributed by atoms with E-state index >= 15 is 0 Å². The lowest BCUT2D eigenvalue weighted by Gasteiger charge is -2.37. The quantitative estimate of drug-likeness (QED) is 0.878. The van der Waals surface area contributed by atoms with Crippen molar-refractivity contribution in [3.63, 3.8) is 0 Å². The Morgan fingerprint density at radius 1 is 0.842 bits per heavy atom. The van der Waals surface area contributed by atoms with Crippen molar-refractivity contribution >= 4 is 17.1 Å². The number of nitrogens with zero attached hydrogens (tertiary/aromatic N) is 4. The van der Waals surface area contributed by atoms with Gasteiger partial charge in [0, 0.05) is 50.5 Å². The summed E-state index contributed by atoms with van der Waals surface area (Å²) in [5.74, 6) is 0. The van der Waals surface area contributed by atoms with Gasteiger partial charge in [-0.2, -0.15) is 0 Å². The van der Waals surface area contributed by atoms with Gasteiger partial charge in [-0.25, -0.2) is 0 Å². The molecule has 0 spiro atoms. The van der Waals surface area contributed by atoms with Gasteiger partial charge < -0.3 is 15.5 Å². The van der Waals surface area contributed by atoms with Crippen molar-refractivity contribution in [2.24, 2.45) is 0 Å². The smallest absolute Gasteiger partial charge is 0.0738 e. The van der Waals surface area contributed by atoms with Crippen LogP contribution in [-0.2, 0) is 0 Å². The molecule has 0 radical (unpaired) electrons. The van der Waals surface area contributed by atoms with Crippen LogP contribution in [0.3, 0.4) is 0 Å². The van der Waals surface area contributed by atoms with Crippen LogP contribution >= 0.6 is 0 Å². The Balaban J connectivity index is 1.69. The lowest BCUT2D eigenvalue weighted by Crippen LogP contribution is -2.46. The fourth-order valence-electron chi connectivity index (χ4n) is 2.45. The molecule has 0 amide bonds. The highest BCUT2D eigenvalue weighted by molar-refractivity contribution is 5.66. The third-order valence-corrected chi connectivity index (χ3v) is 3.48. The van der Waals surface area contributed by atoms with Crippen LogP contribution in [-0.4, -0.2) is 36.1 Å². The Morgan fingerprint density at radius 2 is 1.47 bits per heavy atom. The van der Waals surface area contributed by atoms with E-state index in [9.17, 15) is 0 Å². The highest BCUT2D eigenvalue weighted by Gasteiger charge is 2.18. The molecule has 3 rings (SSSR count). The first-order valence-electron chi connectivity index (χ1n) is 6.44. The number of nitrogen functional groups attached to an aromatic ring is 1. The maximum absolute atomic E-state index is 5.97. The fourth-order valence-corrected chi connectivity index (χ4v) is 2.45. The van der Waals surface area contributed by atoms with Crippen molar-refractivity contribution in [1.82, 2.24) is 9.97 Å². The second-order valence-corrected chi connectivity index (χ2v) is 4.61. The van der Waals surface area contributed by atoms with Crippen molar-refractivity contribution in [3.05, 3.63) is 43.0 Å². The van der Waals surface area contributed by atoms with Gasteiger partial charge in [-0.15, -0.1) is 0 Å². The van der Waals surface area contributed by atoms with Crippen LogP contribution < -0.4 is 15.5 Å². The summed E-state index contributed by atoms with van der Waals surface area (Å²) in [6, 6.07) is 6.09. The standard InChI is InChI=1S/C14H17N5/c15-13-11-17-6-3-14(13)19-9-7-18(8-10-19)12-1-4-16-5-2-12/h1-6,11H,7-10,15H2. The first-order valence-corrected chi connectivity index (χ1v) is 6.44. The minimum absolute atomic E-state index is 0.750. The second kappa shape index (κ2) is 5.14. The molecule has 2 N–H and O–H groups in total. The summed E-state index contributed by atoms with van der Waals surface area (Å²) >= 11 is 0.